The van der Waals surface area contributed by atoms with Crippen LogP contribution in [0.25, 0.3) is 0 Å². The summed E-state index contributed by atoms with van der Waals surface area (Å²) < 4.78 is 0. The van der Waals surface area contributed by atoms with Gasteiger partial charge in [-0.25, -0.2) is 0 Å². The Hall–Kier alpha value is -0.790. The van der Waals surface area contributed by atoms with Crippen LogP contribution in [0.1, 0.15) is 6.92 Å². The lowest BCUT2D eigenvalue weighted by Gasteiger charge is -1.84. The SMILES string of the molecule is CC1C=C1C(=N)N. The Labute approximate surface area is 42.5 Å². The molecule has 0 spiro atoms. The Morgan fingerprint density at radius 2 is 2.43 bits per heavy atom. The molecule has 0 aliphatic heterocycles. The van der Waals surface area contributed by atoms with E-state index in [2.05, 4.69) is 0 Å². The molecule has 7 heavy (non-hydrogen) atoms. The van der Waals surface area contributed by atoms with Crippen molar-refractivity contribution in [3.8, 4) is 0 Å². The van der Waals surface area contributed by atoms with Crippen LogP contribution in [0.5, 0.6) is 0 Å². The first-order valence-electron chi connectivity index (χ1n) is 2.28. The fourth-order valence-electron chi connectivity index (χ4n) is 0.556. The fourth-order valence-corrected chi connectivity index (χ4v) is 0.556. The van der Waals surface area contributed by atoms with Gasteiger partial charge in [0.15, 0.2) is 0 Å². The van der Waals surface area contributed by atoms with Crippen molar-refractivity contribution in [3.05, 3.63) is 11.6 Å². The Balaban J connectivity index is 2.48. The van der Waals surface area contributed by atoms with Gasteiger partial charge in [0.25, 0.3) is 0 Å². The van der Waals surface area contributed by atoms with E-state index in [-0.39, 0.29) is 5.84 Å². The van der Waals surface area contributed by atoms with Crippen molar-refractivity contribution in [3.63, 3.8) is 0 Å². The van der Waals surface area contributed by atoms with E-state index < -0.39 is 0 Å². The minimum absolute atomic E-state index is 0.229. The zero-order chi connectivity index (χ0) is 5.44. The molecule has 0 heterocycles. The molecule has 1 aliphatic carbocycles. The lowest BCUT2D eigenvalue weighted by molar-refractivity contribution is 1.06. The highest BCUT2D eigenvalue weighted by atomic mass is 14.7. The third-order valence-electron chi connectivity index (χ3n) is 1.12. The molecule has 1 aliphatic rings. The van der Waals surface area contributed by atoms with Crippen molar-refractivity contribution in [1.29, 1.82) is 5.41 Å². The molecule has 0 bridgehead atoms. The van der Waals surface area contributed by atoms with Crippen LogP contribution in [0.15, 0.2) is 11.6 Å². The molecule has 0 aromatic carbocycles. The number of nitrogens with one attached hydrogen (secondary N) is 1. The van der Waals surface area contributed by atoms with Crippen LogP contribution in [0.2, 0.25) is 0 Å². The predicted octanol–water partition coefficient (Wildman–Crippen LogP) is 0.498. The molecule has 1 unspecified atom stereocenters. The van der Waals surface area contributed by atoms with Gasteiger partial charge in [-0.05, 0) is 5.57 Å². The third kappa shape index (κ3) is 0.633. The van der Waals surface area contributed by atoms with Crippen LogP contribution < -0.4 is 5.73 Å². The van der Waals surface area contributed by atoms with Crippen LogP contribution >= 0.6 is 0 Å². The topological polar surface area (TPSA) is 49.9 Å². The molecule has 1 atom stereocenters. The van der Waals surface area contributed by atoms with Gasteiger partial charge in [-0.15, -0.1) is 0 Å². The Morgan fingerprint density at radius 3 is 2.43 bits per heavy atom. The molecule has 38 valence electrons. The van der Waals surface area contributed by atoms with Crippen molar-refractivity contribution in [1.82, 2.24) is 0 Å². The Kier molecular flexibility index (Phi) is 0.680. The largest absolute Gasteiger partial charge is 0.384 e. The Morgan fingerprint density at radius 1 is 2.00 bits per heavy atom. The molecule has 0 radical (unpaired) electrons. The van der Waals surface area contributed by atoms with Crippen LogP contribution in [-0.4, -0.2) is 5.84 Å². The van der Waals surface area contributed by atoms with E-state index in [9.17, 15) is 0 Å². The average molecular weight is 96.1 g/mol. The zero-order valence-electron chi connectivity index (χ0n) is 4.23. The van der Waals surface area contributed by atoms with Gasteiger partial charge in [-0.2, -0.15) is 0 Å². The molecule has 0 aromatic heterocycles. The van der Waals surface area contributed by atoms with Crippen LogP contribution in [0.3, 0.4) is 0 Å². The Bertz CT molecular complexity index is 135. The van der Waals surface area contributed by atoms with E-state index in [0.29, 0.717) is 5.92 Å². The maximum absolute atomic E-state index is 6.85. The molecule has 2 nitrogen and oxygen atoms in total. The summed E-state index contributed by atoms with van der Waals surface area (Å²) in [6.07, 6.45) is 1.97. The number of nitrogens with two attached hydrogens (primary N) is 1. The first kappa shape index (κ1) is 4.37. The second kappa shape index (κ2) is 1.09. The van der Waals surface area contributed by atoms with Crippen LogP contribution in [-0.2, 0) is 0 Å². The number of hydrogen-bond donors (Lipinski definition) is 2. The molecular weight excluding hydrogens is 88.1 g/mol. The lowest BCUT2D eigenvalue weighted by atomic mass is 10.3. The molecule has 3 N–H and O–H groups in total. The highest BCUT2D eigenvalue weighted by Gasteiger charge is 2.20. The minimum Gasteiger partial charge on any atom is -0.384 e. The van der Waals surface area contributed by atoms with Gasteiger partial charge in [0, 0.05) is 5.92 Å². The summed E-state index contributed by atoms with van der Waals surface area (Å²) in [7, 11) is 0. The first-order valence-corrected chi connectivity index (χ1v) is 2.28. The van der Waals surface area contributed by atoms with Crippen molar-refractivity contribution in [2.24, 2.45) is 11.7 Å². The third-order valence-corrected chi connectivity index (χ3v) is 1.12. The summed E-state index contributed by atoms with van der Waals surface area (Å²) in [4.78, 5) is 0. The van der Waals surface area contributed by atoms with Crippen molar-refractivity contribution >= 4 is 5.84 Å². The number of amidine groups is 1. The quantitative estimate of drug-likeness (QED) is 0.362. The standard InChI is InChI=1S/C5H8N2/c1-3-2-4(3)5(6)7/h2-3H,1H3,(H3,6,7). The lowest BCUT2D eigenvalue weighted by Crippen LogP contribution is -2.08. The van der Waals surface area contributed by atoms with Gasteiger partial charge >= 0.3 is 0 Å². The van der Waals surface area contributed by atoms with Gasteiger partial charge in [-0.3, -0.25) is 5.41 Å². The van der Waals surface area contributed by atoms with Gasteiger partial charge in [0.2, 0.25) is 0 Å². The van der Waals surface area contributed by atoms with Crippen molar-refractivity contribution in [2.45, 2.75) is 6.92 Å². The van der Waals surface area contributed by atoms with Crippen LogP contribution in [0, 0.1) is 11.3 Å². The summed E-state index contributed by atoms with van der Waals surface area (Å²) >= 11 is 0. The second-order valence-corrected chi connectivity index (χ2v) is 1.82. The van der Waals surface area contributed by atoms with Gasteiger partial charge < -0.3 is 5.73 Å². The van der Waals surface area contributed by atoms with E-state index in [0.717, 1.165) is 5.57 Å². The molecule has 1 rings (SSSR count). The van der Waals surface area contributed by atoms with E-state index in [1.807, 2.05) is 13.0 Å². The summed E-state index contributed by atoms with van der Waals surface area (Å²) in [5.41, 5.74) is 6.10. The normalized spacial score (nSPS) is 26.4. The predicted molar refractivity (Wildman–Crippen MR) is 29.2 cm³/mol. The summed E-state index contributed by atoms with van der Waals surface area (Å²) in [6, 6.07) is 0. The van der Waals surface area contributed by atoms with Gasteiger partial charge in [0.05, 0.1) is 0 Å². The minimum atomic E-state index is 0.229. The first-order chi connectivity index (χ1) is 3.22. The molecule has 2 heteroatoms. The maximum Gasteiger partial charge on any atom is 0.118 e. The van der Waals surface area contributed by atoms with E-state index in [1.54, 1.807) is 0 Å². The van der Waals surface area contributed by atoms with E-state index in [4.69, 9.17) is 11.1 Å². The monoisotopic (exact) mass is 96.1 g/mol. The van der Waals surface area contributed by atoms with Crippen LogP contribution in [0.4, 0.5) is 0 Å². The van der Waals surface area contributed by atoms with E-state index in [1.165, 1.54) is 0 Å². The summed E-state index contributed by atoms with van der Waals surface area (Å²) in [5.74, 6) is 0.713. The molecule has 0 saturated heterocycles. The molecule has 0 amide bonds. The van der Waals surface area contributed by atoms with Gasteiger partial charge in [0.1, 0.15) is 5.84 Å². The molecular formula is C5H8N2. The highest BCUT2D eigenvalue weighted by molar-refractivity contribution is 5.99. The second-order valence-electron chi connectivity index (χ2n) is 1.82. The summed E-state index contributed by atoms with van der Waals surface area (Å²) in [6.45, 7) is 2.02. The molecule has 0 fully saturated rings. The van der Waals surface area contributed by atoms with Crippen molar-refractivity contribution in [2.75, 3.05) is 0 Å². The fraction of sp³-hybridized carbons (Fsp3) is 0.400. The molecule has 0 saturated carbocycles. The number of rotatable bonds is 1. The number of hydrogen-bond acceptors (Lipinski definition) is 1. The summed E-state index contributed by atoms with van der Waals surface area (Å²) in [5, 5.41) is 6.85. The van der Waals surface area contributed by atoms with Crippen molar-refractivity contribution < 1.29 is 0 Å². The maximum atomic E-state index is 6.85. The number of allylic oxidation sites excluding steroid dienone is 1. The average Bonchev–Trinajstić information content (AvgIpc) is 2.17. The smallest absolute Gasteiger partial charge is 0.118 e. The highest BCUT2D eigenvalue weighted by Crippen LogP contribution is 2.26. The van der Waals surface area contributed by atoms with E-state index >= 15 is 0 Å². The molecule has 0 aromatic rings. The zero-order valence-corrected chi connectivity index (χ0v) is 4.23. The van der Waals surface area contributed by atoms with Gasteiger partial charge in [-0.1, -0.05) is 13.0 Å².